The molecule has 1 rings (SSSR count). The first-order chi connectivity index (χ1) is 9.36. The zero-order valence-electron chi connectivity index (χ0n) is 12.8. The van der Waals surface area contributed by atoms with Gasteiger partial charge in [0.2, 0.25) is 5.91 Å². The van der Waals surface area contributed by atoms with E-state index in [1.54, 1.807) is 11.9 Å². The number of benzene rings is 1. The summed E-state index contributed by atoms with van der Waals surface area (Å²) in [6, 6.07) is 7.85. The van der Waals surface area contributed by atoms with Gasteiger partial charge in [-0.2, -0.15) is 0 Å². The van der Waals surface area contributed by atoms with Gasteiger partial charge in [0.15, 0.2) is 0 Å². The van der Waals surface area contributed by atoms with Crippen molar-refractivity contribution in [3.8, 4) is 5.75 Å². The third-order valence-electron chi connectivity index (χ3n) is 3.49. The van der Waals surface area contributed by atoms with Crippen molar-refractivity contribution in [2.24, 2.45) is 0 Å². The topological polar surface area (TPSA) is 49.8 Å². The van der Waals surface area contributed by atoms with Gasteiger partial charge in [-0.15, -0.1) is 0 Å². The minimum Gasteiger partial charge on any atom is -0.494 e. The van der Waals surface area contributed by atoms with E-state index in [0.717, 1.165) is 5.75 Å². The van der Waals surface area contributed by atoms with Crippen LogP contribution in [0.5, 0.6) is 5.75 Å². The molecule has 112 valence electrons. The summed E-state index contributed by atoms with van der Waals surface area (Å²) < 4.78 is 5.58. The standard InChI is InChI=1S/C16H25NO3/c1-13-7-9-14(10-8-13)20-11-5-6-15(19)17(4)16(2,3)12-18/h7-10,18H,5-6,11-12H2,1-4H3. The highest BCUT2D eigenvalue weighted by Crippen LogP contribution is 2.14. The first-order valence-corrected chi connectivity index (χ1v) is 6.94. The monoisotopic (exact) mass is 279 g/mol. The number of amides is 1. The molecule has 1 amide bonds. The van der Waals surface area contributed by atoms with Crippen molar-refractivity contribution in [1.82, 2.24) is 4.90 Å². The first kappa shape index (κ1) is 16.5. The number of likely N-dealkylation sites (N-methyl/N-ethyl adjacent to an activating group) is 1. The van der Waals surface area contributed by atoms with Crippen LogP contribution in [0.15, 0.2) is 24.3 Å². The summed E-state index contributed by atoms with van der Waals surface area (Å²) in [4.78, 5) is 13.6. The SMILES string of the molecule is Cc1ccc(OCCCC(=O)N(C)C(C)(C)CO)cc1. The van der Waals surface area contributed by atoms with Crippen molar-refractivity contribution in [1.29, 1.82) is 0 Å². The molecular formula is C16H25NO3. The number of rotatable bonds is 7. The van der Waals surface area contributed by atoms with E-state index in [2.05, 4.69) is 0 Å². The summed E-state index contributed by atoms with van der Waals surface area (Å²) >= 11 is 0. The molecule has 0 heterocycles. The average Bonchev–Trinajstić information content (AvgIpc) is 2.44. The number of aliphatic hydroxyl groups is 1. The lowest BCUT2D eigenvalue weighted by Crippen LogP contribution is -2.47. The lowest BCUT2D eigenvalue weighted by molar-refractivity contribution is -0.136. The molecule has 4 heteroatoms. The molecule has 0 fully saturated rings. The van der Waals surface area contributed by atoms with E-state index >= 15 is 0 Å². The molecule has 0 aliphatic rings. The molecule has 4 nitrogen and oxygen atoms in total. The van der Waals surface area contributed by atoms with Crippen LogP contribution < -0.4 is 4.74 Å². The van der Waals surface area contributed by atoms with E-state index in [9.17, 15) is 9.90 Å². The third kappa shape index (κ3) is 4.85. The van der Waals surface area contributed by atoms with E-state index < -0.39 is 5.54 Å². The predicted molar refractivity (Wildman–Crippen MR) is 79.8 cm³/mol. The minimum atomic E-state index is -0.519. The van der Waals surface area contributed by atoms with Crippen LogP contribution in [0.4, 0.5) is 0 Å². The lowest BCUT2D eigenvalue weighted by atomic mass is 10.0. The van der Waals surface area contributed by atoms with Gasteiger partial charge in [0, 0.05) is 13.5 Å². The van der Waals surface area contributed by atoms with E-state index in [1.807, 2.05) is 45.0 Å². The highest BCUT2D eigenvalue weighted by molar-refractivity contribution is 5.76. The molecule has 0 unspecified atom stereocenters. The maximum Gasteiger partial charge on any atom is 0.222 e. The molecule has 0 aliphatic carbocycles. The number of aryl methyl sites for hydroxylation is 1. The van der Waals surface area contributed by atoms with Crippen molar-refractivity contribution in [2.45, 2.75) is 39.2 Å². The van der Waals surface area contributed by atoms with E-state index in [4.69, 9.17) is 4.74 Å². The molecule has 0 atom stereocenters. The zero-order valence-corrected chi connectivity index (χ0v) is 12.8. The Morgan fingerprint density at radius 1 is 1.30 bits per heavy atom. The molecule has 0 bridgehead atoms. The predicted octanol–water partition coefficient (Wildman–Crippen LogP) is 2.38. The van der Waals surface area contributed by atoms with Gasteiger partial charge in [-0.05, 0) is 39.3 Å². The van der Waals surface area contributed by atoms with Crippen LogP contribution in [-0.4, -0.2) is 41.7 Å². The zero-order chi connectivity index (χ0) is 15.2. The Balaban J connectivity index is 2.30. The second-order valence-corrected chi connectivity index (χ2v) is 5.69. The molecule has 1 aromatic carbocycles. The second kappa shape index (κ2) is 7.29. The van der Waals surface area contributed by atoms with Gasteiger partial charge in [-0.3, -0.25) is 4.79 Å². The Bertz CT molecular complexity index is 426. The van der Waals surface area contributed by atoms with Crippen molar-refractivity contribution in [3.63, 3.8) is 0 Å². The van der Waals surface area contributed by atoms with Gasteiger partial charge in [-0.1, -0.05) is 17.7 Å². The molecule has 0 saturated carbocycles. The number of hydrogen-bond acceptors (Lipinski definition) is 3. The number of hydrogen-bond donors (Lipinski definition) is 1. The van der Waals surface area contributed by atoms with Crippen LogP contribution in [0, 0.1) is 6.92 Å². The Morgan fingerprint density at radius 2 is 1.90 bits per heavy atom. The number of carbonyl (C=O) groups excluding carboxylic acids is 1. The maximum absolute atomic E-state index is 12.0. The van der Waals surface area contributed by atoms with E-state index in [1.165, 1.54) is 5.56 Å². The van der Waals surface area contributed by atoms with Gasteiger partial charge in [0.05, 0.1) is 18.8 Å². The molecule has 0 aliphatic heterocycles. The van der Waals surface area contributed by atoms with Crippen molar-refractivity contribution in [3.05, 3.63) is 29.8 Å². The van der Waals surface area contributed by atoms with E-state index in [0.29, 0.717) is 19.4 Å². The molecule has 1 aromatic rings. The Morgan fingerprint density at radius 3 is 2.45 bits per heavy atom. The summed E-state index contributed by atoms with van der Waals surface area (Å²) in [5, 5.41) is 9.24. The summed E-state index contributed by atoms with van der Waals surface area (Å²) in [7, 11) is 1.72. The molecule has 1 N–H and O–H groups in total. The van der Waals surface area contributed by atoms with Crippen LogP contribution in [0.25, 0.3) is 0 Å². The highest BCUT2D eigenvalue weighted by atomic mass is 16.5. The summed E-state index contributed by atoms with van der Waals surface area (Å²) in [6.45, 7) is 6.18. The molecule has 0 saturated heterocycles. The van der Waals surface area contributed by atoms with Gasteiger partial charge in [0.25, 0.3) is 0 Å². The minimum absolute atomic E-state index is 0.0246. The Hall–Kier alpha value is -1.55. The van der Waals surface area contributed by atoms with Crippen molar-refractivity contribution in [2.75, 3.05) is 20.3 Å². The van der Waals surface area contributed by atoms with Gasteiger partial charge >= 0.3 is 0 Å². The number of aliphatic hydroxyl groups excluding tert-OH is 1. The van der Waals surface area contributed by atoms with Crippen LogP contribution in [-0.2, 0) is 4.79 Å². The molecule has 0 radical (unpaired) electrons. The third-order valence-corrected chi connectivity index (χ3v) is 3.49. The molecule has 0 aromatic heterocycles. The molecule has 20 heavy (non-hydrogen) atoms. The first-order valence-electron chi connectivity index (χ1n) is 6.94. The number of ether oxygens (including phenoxy) is 1. The average molecular weight is 279 g/mol. The normalized spacial score (nSPS) is 11.2. The number of nitrogens with zero attached hydrogens (tertiary/aromatic N) is 1. The fourth-order valence-corrected chi connectivity index (χ4v) is 1.66. The van der Waals surface area contributed by atoms with Crippen LogP contribution in [0.1, 0.15) is 32.3 Å². The lowest BCUT2D eigenvalue weighted by Gasteiger charge is -2.34. The van der Waals surface area contributed by atoms with Crippen molar-refractivity contribution >= 4 is 5.91 Å². The fourth-order valence-electron chi connectivity index (χ4n) is 1.66. The maximum atomic E-state index is 12.0. The quantitative estimate of drug-likeness (QED) is 0.780. The van der Waals surface area contributed by atoms with Crippen molar-refractivity contribution < 1.29 is 14.6 Å². The van der Waals surface area contributed by atoms with Crippen LogP contribution in [0.2, 0.25) is 0 Å². The van der Waals surface area contributed by atoms with Crippen LogP contribution in [0.3, 0.4) is 0 Å². The molecular weight excluding hydrogens is 254 g/mol. The fraction of sp³-hybridized carbons (Fsp3) is 0.562. The number of carbonyl (C=O) groups is 1. The second-order valence-electron chi connectivity index (χ2n) is 5.69. The smallest absolute Gasteiger partial charge is 0.222 e. The Labute approximate surface area is 121 Å². The van der Waals surface area contributed by atoms with Gasteiger partial charge in [0.1, 0.15) is 5.75 Å². The van der Waals surface area contributed by atoms with E-state index in [-0.39, 0.29) is 12.5 Å². The highest BCUT2D eigenvalue weighted by Gasteiger charge is 2.26. The van der Waals surface area contributed by atoms with Gasteiger partial charge < -0.3 is 14.7 Å². The van der Waals surface area contributed by atoms with Crippen LogP contribution >= 0.6 is 0 Å². The summed E-state index contributed by atoms with van der Waals surface area (Å²) in [5.74, 6) is 0.851. The largest absolute Gasteiger partial charge is 0.494 e. The Kier molecular flexibility index (Phi) is 6.02. The van der Waals surface area contributed by atoms with Gasteiger partial charge in [-0.25, -0.2) is 0 Å². The summed E-state index contributed by atoms with van der Waals surface area (Å²) in [6.07, 6.45) is 1.09. The molecule has 0 spiro atoms. The summed E-state index contributed by atoms with van der Waals surface area (Å²) in [5.41, 5.74) is 0.676.